The summed E-state index contributed by atoms with van der Waals surface area (Å²) in [5.41, 5.74) is 0.701. The molecule has 2 aromatic rings. The first-order chi connectivity index (χ1) is 9.87. The van der Waals surface area contributed by atoms with Crippen molar-refractivity contribution in [3.05, 3.63) is 35.7 Å². The van der Waals surface area contributed by atoms with Gasteiger partial charge in [0.05, 0.1) is 0 Å². The molecule has 0 N–H and O–H groups in total. The number of nitrogens with zero attached hydrogens (tertiary/aromatic N) is 3. The van der Waals surface area contributed by atoms with E-state index in [0.717, 1.165) is 17.4 Å². The van der Waals surface area contributed by atoms with Gasteiger partial charge in [-0.25, -0.2) is 4.98 Å². The normalized spacial score (nSPS) is 11.5. The lowest BCUT2D eigenvalue weighted by atomic mass is 10.2. The molecular weight excluding hydrogens is 303 g/mol. The quantitative estimate of drug-likeness (QED) is 0.844. The fraction of sp³-hybridized carbons (Fsp3) is 0.385. The molecule has 0 spiro atoms. The van der Waals surface area contributed by atoms with E-state index < -0.39 is 6.36 Å². The zero-order valence-corrected chi connectivity index (χ0v) is 12.3. The number of anilines is 1. The molecular formula is C13H14F3N3OS. The van der Waals surface area contributed by atoms with E-state index in [2.05, 4.69) is 14.1 Å². The van der Waals surface area contributed by atoms with Gasteiger partial charge in [0, 0.05) is 31.5 Å². The fourth-order valence-electron chi connectivity index (χ4n) is 1.73. The summed E-state index contributed by atoms with van der Waals surface area (Å²) >= 11 is 1.27. The van der Waals surface area contributed by atoms with Crippen LogP contribution in [0.25, 0.3) is 0 Å². The SMILES string of the molecule is CCc1nsc(N(C)Cc2cccc(OC(F)(F)F)c2)n1. The van der Waals surface area contributed by atoms with Crippen LogP contribution in [0.2, 0.25) is 0 Å². The Labute approximate surface area is 124 Å². The third kappa shape index (κ3) is 4.59. The first-order valence-corrected chi connectivity index (χ1v) is 7.03. The smallest absolute Gasteiger partial charge is 0.406 e. The standard InChI is InChI=1S/C13H14F3N3OS/c1-3-11-17-12(21-18-11)19(2)8-9-5-4-6-10(7-9)20-13(14,15)16/h4-7H,3,8H2,1-2H3. The molecule has 0 bridgehead atoms. The molecule has 0 fully saturated rings. The highest BCUT2D eigenvalue weighted by Gasteiger charge is 2.31. The van der Waals surface area contributed by atoms with E-state index in [1.165, 1.54) is 29.7 Å². The van der Waals surface area contributed by atoms with E-state index in [1.807, 2.05) is 18.9 Å². The summed E-state index contributed by atoms with van der Waals surface area (Å²) in [6.07, 6.45) is -3.93. The molecule has 0 saturated carbocycles. The van der Waals surface area contributed by atoms with Gasteiger partial charge in [-0.3, -0.25) is 0 Å². The number of halogens is 3. The largest absolute Gasteiger partial charge is 0.573 e. The van der Waals surface area contributed by atoms with Crippen LogP contribution in [-0.2, 0) is 13.0 Å². The van der Waals surface area contributed by atoms with Crippen LogP contribution in [-0.4, -0.2) is 22.8 Å². The van der Waals surface area contributed by atoms with Crippen LogP contribution in [0.1, 0.15) is 18.3 Å². The van der Waals surface area contributed by atoms with Gasteiger partial charge in [0.25, 0.3) is 0 Å². The van der Waals surface area contributed by atoms with E-state index in [4.69, 9.17) is 0 Å². The van der Waals surface area contributed by atoms with Crippen LogP contribution < -0.4 is 9.64 Å². The van der Waals surface area contributed by atoms with Crippen LogP contribution in [0.15, 0.2) is 24.3 Å². The Hall–Kier alpha value is -1.83. The third-order valence-electron chi connectivity index (χ3n) is 2.65. The minimum atomic E-state index is -4.68. The second-order valence-electron chi connectivity index (χ2n) is 4.40. The van der Waals surface area contributed by atoms with Crippen molar-refractivity contribution >= 4 is 16.7 Å². The summed E-state index contributed by atoms with van der Waals surface area (Å²) in [4.78, 5) is 6.17. The van der Waals surface area contributed by atoms with E-state index in [-0.39, 0.29) is 5.75 Å². The molecule has 2 rings (SSSR count). The highest BCUT2D eigenvalue weighted by Crippen LogP contribution is 2.25. The predicted molar refractivity (Wildman–Crippen MR) is 74.5 cm³/mol. The summed E-state index contributed by atoms with van der Waals surface area (Å²) in [7, 11) is 1.82. The molecule has 0 radical (unpaired) electrons. The van der Waals surface area contributed by atoms with Crippen molar-refractivity contribution in [2.45, 2.75) is 26.3 Å². The van der Waals surface area contributed by atoms with Gasteiger partial charge in [-0.1, -0.05) is 19.1 Å². The van der Waals surface area contributed by atoms with Gasteiger partial charge in [-0.2, -0.15) is 4.37 Å². The van der Waals surface area contributed by atoms with Crippen molar-refractivity contribution in [2.75, 3.05) is 11.9 Å². The van der Waals surface area contributed by atoms with Crippen molar-refractivity contribution < 1.29 is 17.9 Å². The van der Waals surface area contributed by atoms with Crippen molar-refractivity contribution in [3.8, 4) is 5.75 Å². The maximum atomic E-state index is 12.2. The molecule has 1 aromatic heterocycles. The van der Waals surface area contributed by atoms with Crippen LogP contribution in [0, 0.1) is 0 Å². The summed E-state index contributed by atoms with van der Waals surface area (Å²) in [5, 5.41) is 0.731. The van der Waals surface area contributed by atoms with Crippen LogP contribution in [0.5, 0.6) is 5.75 Å². The second-order valence-corrected chi connectivity index (χ2v) is 5.13. The van der Waals surface area contributed by atoms with Crippen LogP contribution in [0.4, 0.5) is 18.3 Å². The predicted octanol–water partition coefficient (Wildman–Crippen LogP) is 3.64. The molecule has 21 heavy (non-hydrogen) atoms. The van der Waals surface area contributed by atoms with E-state index in [1.54, 1.807) is 6.07 Å². The molecule has 0 aliphatic heterocycles. The molecule has 0 aliphatic carbocycles. The fourth-order valence-corrected chi connectivity index (χ4v) is 2.43. The van der Waals surface area contributed by atoms with Gasteiger partial charge in [0.15, 0.2) is 0 Å². The van der Waals surface area contributed by atoms with Gasteiger partial charge >= 0.3 is 6.36 Å². The summed E-state index contributed by atoms with van der Waals surface area (Å²) in [5.74, 6) is 0.538. The van der Waals surface area contributed by atoms with Crippen molar-refractivity contribution in [2.24, 2.45) is 0 Å². The monoisotopic (exact) mass is 317 g/mol. The van der Waals surface area contributed by atoms with Crippen molar-refractivity contribution in [3.63, 3.8) is 0 Å². The van der Waals surface area contributed by atoms with E-state index in [0.29, 0.717) is 12.1 Å². The molecule has 0 aliphatic rings. The van der Waals surface area contributed by atoms with Gasteiger partial charge in [-0.15, -0.1) is 13.2 Å². The molecule has 8 heteroatoms. The average molecular weight is 317 g/mol. The number of hydrogen-bond donors (Lipinski definition) is 0. The molecule has 4 nitrogen and oxygen atoms in total. The van der Waals surface area contributed by atoms with Gasteiger partial charge in [-0.05, 0) is 17.7 Å². The summed E-state index contributed by atoms with van der Waals surface area (Å²) < 4.78 is 44.7. The first-order valence-electron chi connectivity index (χ1n) is 6.26. The minimum Gasteiger partial charge on any atom is -0.406 e. The first kappa shape index (κ1) is 15.6. The van der Waals surface area contributed by atoms with Crippen molar-refractivity contribution in [1.82, 2.24) is 9.36 Å². The third-order valence-corrected chi connectivity index (χ3v) is 3.52. The number of benzene rings is 1. The summed E-state index contributed by atoms with van der Waals surface area (Å²) in [6.45, 7) is 2.39. The molecule has 1 aromatic carbocycles. The molecule has 0 unspecified atom stereocenters. The lowest BCUT2D eigenvalue weighted by molar-refractivity contribution is -0.274. The molecule has 0 amide bonds. The minimum absolute atomic E-state index is 0.222. The molecule has 0 atom stereocenters. The zero-order valence-electron chi connectivity index (χ0n) is 11.5. The van der Waals surface area contributed by atoms with E-state index in [9.17, 15) is 13.2 Å². The Balaban J connectivity index is 2.06. The van der Waals surface area contributed by atoms with Gasteiger partial charge < -0.3 is 9.64 Å². The Kier molecular flexibility index (Phi) is 4.66. The Bertz CT molecular complexity index is 600. The highest BCUT2D eigenvalue weighted by molar-refractivity contribution is 7.09. The average Bonchev–Trinajstić information content (AvgIpc) is 2.85. The Morgan fingerprint density at radius 1 is 1.33 bits per heavy atom. The lowest BCUT2D eigenvalue weighted by Crippen LogP contribution is -2.18. The molecule has 0 saturated heterocycles. The zero-order chi connectivity index (χ0) is 15.5. The Morgan fingerprint density at radius 2 is 2.10 bits per heavy atom. The number of rotatable bonds is 5. The molecule has 1 heterocycles. The van der Waals surface area contributed by atoms with Crippen LogP contribution >= 0.6 is 11.5 Å². The second kappa shape index (κ2) is 6.30. The number of ether oxygens (including phenoxy) is 1. The number of hydrogen-bond acceptors (Lipinski definition) is 5. The number of alkyl halides is 3. The summed E-state index contributed by atoms with van der Waals surface area (Å²) in [6, 6.07) is 5.91. The van der Waals surface area contributed by atoms with Gasteiger partial charge in [0.2, 0.25) is 5.13 Å². The maximum absolute atomic E-state index is 12.2. The Morgan fingerprint density at radius 3 is 2.71 bits per heavy atom. The van der Waals surface area contributed by atoms with Gasteiger partial charge in [0.1, 0.15) is 11.6 Å². The van der Waals surface area contributed by atoms with E-state index >= 15 is 0 Å². The van der Waals surface area contributed by atoms with Crippen LogP contribution in [0.3, 0.4) is 0 Å². The van der Waals surface area contributed by atoms with Crippen molar-refractivity contribution in [1.29, 1.82) is 0 Å². The number of aromatic nitrogens is 2. The lowest BCUT2D eigenvalue weighted by Gasteiger charge is -2.16. The maximum Gasteiger partial charge on any atom is 0.573 e. The topological polar surface area (TPSA) is 38.2 Å². The number of aryl methyl sites for hydroxylation is 1. The highest BCUT2D eigenvalue weighted by atomic mass is 32.1. The molecule has 114 valence electrons.